The van der Waals surface area contributed by atoms with Gasteiger partial charge in [0.1, 0.15) is 6.29 Å². The first-order chi connectivity index (χ1) is 8.67. The molecule has 0 spiro atoms. The third kappa shape index (κ3) is 3.46. The molecule has 0 unspecified atom stereocenters. The summed E-state index contributed by atoms with van der Waals surface area (Å²) in [6, 6.07) is 12.7. The monoisotopic (exact) mass is 276 g/mol. The van der Waals surface area contributed by atoms with Crippen LogP contribution < -0.4 is 0 Å². The maximum Gasteiger partial charge on any atom is 0.150 e. The Bertz CT molecular complexity index is 586. The van der Waals surface area contributed by atoms with Gasteiger partial charge in [0.25, 0.3) is 0 Å². The Labute approximate surface area is 116 Å². The van der Waals surface area contributed by atoms with Crippen LogP contribution in [0.15, 0.2) is 42.5 Å². The summed E-state index contributed by atoms with van der Waals surface area (Å²) < 4.78 is 0. The van der Waals surface area contributed by atoms with E-state index in [1.54, 1.807) is 18.2 Å². The molecule has 90 valence electrons. The molecule has 0 radical (unpaired) electrons. The summed E-state index contributed by atoms with van der Waals surface area (Å²) in [5.74, 6) is 0. The molecule has 2 aromatic carbocycles. The summed E-state index contributed by atoms with van der Waals surface area (Å²) in [7, 11) is 0. The Balaban J connectivity index is 2.25. The smallest absolute Gasteiger partial charge is 0.150 e. The number of halogens is 2. The van der Waals surface area contributed by atoms with E-state index in [9.17, 15) is 4.79 Å². The van der Waals surface area contributed by atoms with Crippen molar-refractivity contribution in [3.8, 4) is 0 Å². The quantitative estimate of drug-likeness (QED) is 0.571. The topological polar surface area (TPSA) is 17.1 Å². The van der Waals surface area contributed by atoms with E-state index in [0.717, 1.165) is 17.4 Å². The molecule has 0 aliphatic heterocycles. The van der Waals surface area contributed by atoms with Crippen LogP contribution in [0, 0.1) is 0 Å². The van der Waals surface area contributed by atoms with Gasteiger partial charge in [-0.25, -0.2) is 0 Å². The van der Waals surface area contributed by atoms with Crippen LogP contribution in [0.2, 0.25) is 10.0 Å². The number of carbonyl (C=O) groups excluding carboxylic acids is 1. The molecule has 0 saturated heterocycles. The molecule has 0 amide bonds. The summed E-state index contributed by atoms with van der Waals surface area (Å²) in [5.41, 5.74) is 2.49. The first kappa shape index (κ1) is 12.9. The summed E-state index contributed by atoms with van der Waals surface area (Å²) in [6.07, 6.45) is 4.63. The maximum atomic E-state index is 10.7. The fourth-order valence-electron chi connectivity index (χ4n) is 1.57. The van der Waals surface area contributed by atoms with Crippen molar-refractivity contribution in [2.24, 2.45) is 0 Å². The number of carbonyl (C=O) groups is 1. The zero-order valence-corrected chi connectivity index (χ0v) is 10.9. The van der Waals surface area contributed by atoms with Gasteiger partial charge in [-0.05, 0) is 41.5 Å². The van der Waals surface area contributed by atoms with Gasteiger partial charge in [0.15, 0.2) is 0 Å². The molecule has 0 aliphatic carbocycles. The molecule has 3 heteroatoms. The second-order valence-electron chi connectivity index (χ2n) is 3.82. The number of aldehydes is 1. The van der Waals surface area contributed by atoms with E-state index in [1.165, 1.54) is 0 Å². The van der Waals surface area contributed by atoms with E-state index in [4.69, 9.17) is 23.2 Å². The number of rotatable bonds is 3. The van der Waals surface area contributed by atoms with Gasteiger partial charge < -0.3 is 0 Å². The SMILES string of the molecule is O=Cc1cc(Cl)cc(/C=C/c2ccc(Cl)cc2)c1. The second kappa shape index (κ2) is 5.85. The third-order valence-electron chi connectivity index (χ3n) is 2.42. The highest BCUT2D eigenvalue weighted by atomic mass is 35.5. The van der Waals surface area contributed by atoms with Crippen molar-refractivity contribution < 1.29 is 4.79 Å². The molecule has 0 atom stereocenters. The fourth-order valence-corrected chi connectivity index (χ4v) is 1.94. The van der Waals surface area contributed by atoms with Gasteiger partial charge in [0, 0.05) is 15.6 Å². The highest BCUT2D eigenvalue weighted by Crippen LogP contribution is 2.17. The van der Waals surface area contributed by atoms with Crippen LogP contribution in [0.1, 0.15) is 21.5 Å². The van der Waals surface area contributed by atoms with Crippen molar-refractivity contribution in [3.05, 3.63) is 69.2 Å². The van der Waals surface area contributed by atoms with Crippen molar-refractivity contribution in [2.75, 3.05) is 0 Å². The standard InChI is InChI=1S/C15H10Cl2O/c16-14-5-3-11(4-6-14)1-2-12-7-13(10-18)9-15(17)8-12/h1-10H/b2-1+. The summed E-state index contributed by atoms with van der Waals surface area (Å²) >= 11 is 11.7. The average molecular weight is 277 g/mol. The van der Waals surface area contributed by atoms with Gasteiger partial charge >= 0.3 is 0 Å². The molecular weight excluding hydrogens is 267 g/mol. The molecule has 0 bridgehead atoms. The van der Waals surface area contributed by atoms with Gasteiger partial charge in [0.05, 0.1) is 0 Å². The van der Waals surface area contributed by atoms with Crippen molar-refractivity contribution in [2.45, 2.75) is 0 Å². The Morgan fingerprint density at radius 2 is 1.33 bits per heavy atom. The molecule has 0 saturated carbocycles. The van der Waals surface area contributed by atoms with Gasteiger partial charge in [-0.3, -0.25) is 4.79 Å². The van der Waals surface area contributed by atoms with Crippen molar-refractivity contribution >= 4 is 41.6 Å². The summed E-state index contributed by atoms with van der Waals surface area (Å²) in [5, 5.41) is 1.26. The Hall–Kier alpha value is -1.57. The van der Waals surface area contributed by atoms with Gasteiger partial charge in [-0.2, -0.15) is 0 Å². The Kier molecular flexibility index (Phi) is 4.19. The molecule has 0 N–H and O–H groups in total. The molecule has 2 aromatic rings. The molecule has 1 nitrogen and oxygen atoms in total. The molecule has 0 aliphatic rings. The van der Waals surface area contributed by atoms with E-state index < -0.39 is 0 Å². The maximum absolute atomic E-state index is 10.7. The summed E-state index contributed by atoms with van der Waals surface area (Å²) in [6.45, 7) is 0. The molecule has 0 aromatic heterocycles. The van der Waals surface area contributed by atoms with E-state index in [2.05, 4.69) is 0 Å². The molecular formula is C15H10Cl2O. The van der Waals surface area contributed by atoms with Crippen molar-refractivity contribution in [1.82, 2.24) is 0 Å². The van der Waals surface area contributed by atoms with E-state index >= 15 is 0 Å². The second-order valence-corrected chi connectivity index (χ2v) is 4.69. The number of benzene rings is 2. The molecule has 18 heavy (non-hydrogen) atoms. The highest BCUT2D eigenvalue weighted by molar-refractivity contribution is 6.31. The van der Waals surface area contributed by atoms with Crippen LogP contribution in [0.3, 0.4) is 0 Å². The minimum Gasteiger partial charge on any atom is -0.298 e. The van der Waals surface area contributed by atoms with E-state index in [1.807, 2.05) is 36.4 Å². The zero-order chi connectivity index (χ0) is 13.0. The van der Waals surface area contributed by atoms with Gasteiger partial charge in [-0.15, -0.1) is 0 Å². The highest BCUT2D eigenvalue weighted by Gasteiger charge is 1.96. The van der Waals surface area contributed by atoms with Gasteiger partial charge in [-0.1, -0.05) is 47.5 Å². The minimum atomic E-state index is 0.551. The van der Waals surface area contributed by atoms with E-state index in [0.29, 0.717) is 15.6 Å². The average Bonchev–Trinajstić information content (AvgIpc) is 2.37. The zero-order valence-electron chi connectivity index (χ0n) is 9.44. The Morgan fingerprint density at radius 1 is 0.722 bits per heavy atom. The largest absolute Gasteiger partial charge is 0.298 e. The molecule has 0 heterocycles. The predicted molar refractivity (Wildman–Crippen MR) is 77.2 cm³/mol. The van der Waals surface area contributed by atoms with Crippen molar-refractivity contribution in [3.63, 3.8) is 0 Å². The lowest BCUT2D eigenvalue weighted by Gasteiger charge is -1.98. The molecule has 2 rings (SSSR count). The Morgan fingerprint density at radius 3 is 2.00 bits per heavy atom. The van der Waals surface area contributed by atoms with Crippen molar-refractivity contribution in [1.29, 1.82) is 0 Å². The van der Waals surface area contributed by atoms with Gasteiger partial charge in [0.2, 0.25) is 0 Å². The lowest BCUT2D eigenvalue weighted by atomic mass is 10.1. The molecule has 0 fully saturated rings. The minimum absolute atomic E-state index is 0.551. The first-order valence-corrected chi connectivity index (χ1v) is 6.12. The third-order valence-corrected chi connectivity index (χ3v) is 2.89. The number of hydrogen-bond donors (Lipinski definition) is 0. The van der Waals surface area contributed by atoms with E-state index in [-0.39, 0.29) is 0 Å². The number of hydrogen-bond acceptors (Lipinski definition) is 1. The summed E-state index contributed by atoms with van der Waals surface area (Å²) in [4.78, 5) is 10.7. The van der Waals surface area contributed by atoms with Crippen LogP contribution in [0.5, 0.6) is 0 Å². The first-order valence-electron chi connectivity index (χ1n) is 5.37. The van der Waals surface area contributed by atoms with Crippen LogP contribution in [0.25, 0.3) is 12.2 Å². The lowest BCUT2D eigenvalue weighted by Crippen LogP contribution is -1.81. The van der Waals surface area contributed by atoms with Crippen LogP contribution >= 0.6 is 23.2 Å². The predicted octanol–water partition coefficient (Wildman–Crippen LogP) is 4.98. The normalized spacial score (nSPS) is 10.8. The lowest BCUT2D eigenvalue weighted by molar-refractivity contribution is 0.112. The fraction of sp³-hybridized carbons (Fsp3) is 0. The van der Waals surface area contributed by atoms with Crippen LogP contribution in [-0.4, -0.2) is 6.29 Å². The van der Waals surface area contributed by atoms with Crippen LogP contribution in [-0.2, 0) is 0 Å². The van der Waals surface area contributed by atoms with Crippen LogP contribution in [0.4, 0.5) is 0 Å².